The number of sulfonamides is 1. The van der Waals surface area contributed by atoms with Crippen LogP contribution in [-0.2, 0) is 21.2 Å². The quantitative estimate of drug-likeness (QED) is 0.476. The maximum Gasteiger partial charge on any atom is 0.240 e. The summed E-state index contributed by atoms with van der Waals surface area (Å²) in [5.41, 5.74) is 3.37. The summed E-state index contributed by atoms with van der Waals surface area (Å²) in [6, 6.07) is 24.5. The van der Waals surface area contributed by atoms with Crippen molar-refractivity contribution in [1.82, 2.24) is 4.72 Å². The lowest BCUT2D eigenvalue weighted by Gasteiger charge is -2.20. The molecule has 0 saturated carbocycles. The lowest BCUT2D eigenvalue weighted by atomic mass is 9.91. The summed E-state index contributed by atoms with van der Waals surface area (Å²) in [4.78, 5) is 12.5. The Hall–Kier alpha value is -2.96. The van der Waals surface area contributed by atoms with Gasteiger partial charge >= 0.3 is 0 Å². The molecule has 0 saturated heterocycles. The lowest BCUT2D eigenvalue weighted by Crippen LogP contribution is -2.29. The molecule has 3 aromatic rings. The van der Waals surface area contributed by atoms with Crippen LogP contribution in [0.4, 0.5) is 5.69 Å². The number of amides is 1. The highest BCUT2D eigenvalue weighted by Crippen LogP contribution is 2.24. The minimum absolute atomic E-state index is 0.0538. The Labute approximate surface area is 197 Å². The van der Waals surface area contributed by atoms with Gasteiger partial charge in [0, 0.05) is 23.6 Å². The van der Waals surface area contributed by atoms with Gasteiger partial charge in [-0.05, 0) is 48.7 Å². The number of anilines is 1. The predicted octanol–water partition coefficient (Wildman–Crippen LogP) is 5.28. The molecule has 5 nitrogen and oxygen atoms in total. The van der Waals surface area contributed by atoms with Gasteiger partial charge in [-0.1, -0.05) is 80.9 Å². The van der Waals surface area contributed by atoms with Gasteiger partial charge in [-0.15, -0.1) is 0 Å². The molecule has 174 valence electrons. The third-order valence-corrected chi connectivity index (χ3v) is 6.94. The molecule has 0 aromatic heterocycles. The average Bonchev–Trinajstić information content (AvgIpc) is 2.77. The molecular formula is C27H32N2O3S. The second-order valence-corrected chi connectivity index (χ2v) is 11.1. The molecule has 0 bridgehead atoms. The first kappa shape index (κ1) is 24.7. The maximum absolute atomic E-state index is 12.8. The fourth-order valence-corrected chi connectivity index (χ4v) is 4.46. The van der Waals surface area contributed by atoms with Crippen LogP contribution in [-0.4, -0.2) is 20.9 Å². The van der Waals surface area contributed by atoms with Crippen LogP contribution in [0.1, 0.15) is 43.4 Å². The zero-order valence-corrected chi connectivity index (χ0v) is 20.4. The SMILES string of the molecule is Cc1ccc(S(=O)(=O)NCC(Cc2ccccc2)c2ccc(NC(=O)C(C)(C)C)cc2)cc1. The Morgan fingerprint density at radius 2 is 1.48 bits per heavy atom. The first-order valence-electron chi connectivity index (χ1n) is 11.1. The van der Waals surface area contributed by atoms with E-state index in [0.29, 0.717) is 6.42 Å². The molecule has 0 radical (unpaired) electrons. The third kappa shape index (κ3) is 7.01. The van der Waals surface area contributed by atoms with E-state index in [-0.39, 0.29) is 23.3 Å². The largest absolute Gasteiger partial charge is 0.326 e. The smallest absolute Gasteiger partial charge is 0.240 e. The molecule has 0 spiro atoms. The van der Waals surface area contributed by atoms with Crippen molar-refractivity contribution in [3.05, 3.63) is 95.6 Å². The fourth-order valence-electron chi connectivity index (χ4n) is 3.37. The summed E-state index contributed by atoms with van der Waals surface area (Å²) in [7, 11) is -3.62. The molecule has 0 fully saturated rings. The standard InChI is InChI=1S/C27H32N2O3S/c1-20-10-16-25(17-11-20)33(31,32)28-19-23(18-21-8-6-5-7-9-21)22-12-14-24(15-13-22)29-26(30)27(2,3)4/h5-17,23,28H,18-19H2,1-4H3,(H,29,30). The van der Waals surface area contributed by atoms with Gasteiger partial charge in [0.05, 0.1) is 4.90 Å². The van der Waals surface area contributed by atoms with Crippen LogP contribution in [0.2, 0.25) is 0 Å². The molecule has 33 heavy (non-hydrogen) atoms. The normalized spacial score (nSPS) is 12.8. The van der Waals surface area contributed by atoms with E-state index in [4.69, 9.17) is 0 Å². The Balaban J connectivity index is 1.79. The molecule has 1 atom stereocenters. The first-order valence-corrected chi connectivity index (χ1v) is 12.5. The number of hydrogen-bond acceptors (Lipinski definition) is 3. The van der Waals surface area contributed by atoms with Crippen LogP contribution in [0.25, 0.3) is 0 Å². The number of benzene rings is 3. The summed E-state index contributed by atoms with van der Waals surface area (Å²) in [5.74, 6) is -0.123. The molecule has 1 unspecified atom stereocenters. The molecule has 0 aliphatic heterocycles. The van der Waals surface area contributed by atoms with Gasteiger partial charge in [-0.3, -0.25) is 4.79 Å². The fraction of sp³-hybridized carbons (Fsp3) is 0.296. The minimum atomic E-state index is -3.62. The van der Waals surface area contributed by atoms with Gasteiger partial charge < -0.3 is 5.32 Å². The third-order valence-electron chi connectivity index (χ3n) is 5.50. The number of hydrogen-bond donors (Lipinski definition) is 2. The summed E-state index contributed by atoms with van der Waals surface area (Å²) < 4.78 is 28.5. The van der Waals surface area contributed by atoms with Gasteiger partial charge in [0.1, 0.15) is 0 Å². The Morgan fingerprint density at radius 1 is 0.879 bits per heavy atom. The van der Waals surface area contributed by atoms with Crippen LogP contribution in [0, 0.1) is 12.3 Å². The average molecular weight is 465 g/mol. The van der Waals surface area contributed by atoms with Crippen molar-refractivity contribution in [2.24, 2.45) is 5.41 Å². The van der Waals surface area contributed by atoms with E-state index in [9.17, 15) is 13.2 Å². The molecule has 0 aliphatic rings. The lowest BCUT2D eigenvalue weighted by molar-refractivity contribution is -0.123. The molecule has 1 amide bonds. The van der Waals surface area contributed by atoms with Crippen molar-refractivity contribution in [2.75, 3.05) is 11.9 Å². The molecule has 3 rings (SSSR count). The predicted molar refractivity (Wildman–Crippen MR) is 134 cm³/mol. The highest BCUT2D eigenvalue weighted by molar-refractivity contribution is 7.89. The Kier molecular flexibility index (Phi) is 7.72. The Morgan fingerprint density at radius 3 is 2.06 bits per heavy atom. The van der Waals surface area contributed by atoms with Crippen molar-refractivity contribution < 1.29 is 13.2 Å². The highest BCUT2D eigenvalue weighted by atomic mass is 32.2. The molecule has 6 heteroatoms. The summed E-state index contributed by atoms with van der Waals surface area (Å²) in [5, 5.41) is 2.93. The van der Waals surface area contributed by atoms with Crippen LogP contribution in [0.5, 0.6) is 0 Å². The van der Waals surface area contributed by atoms with E-state index in [1.807, 2.05) is 82.3 Å². The topological polar surface area (TPSA) is 75.3 Å². The summed E-state index contributed by atoms with van der Waals surface area (Å²) >= 11 is 0. The molecule has 3 aromatic carbocycles. The van der Waals surface area contributed by atoms with Crippen LogP contribution < -0.4 is 10.0 Å². The van der Waals surface area contributed by atoms with Crippen molar-refractivity contribution in [1.29, 1.82) is 0 Å². The summed E-state index contributed by atoms with van der Waals surface area (Å²) in [6.07, 6.45) is 0.685. The second-order valence-electron chi connectivity index (χ2n) is 9.38. The van der Waals surface area contributed by atoms with Gasteiger partial charge in [0.2, 0.25) is 15.9 Å². The van der Waals surface area contributed by atoms with Crippen LogP contribution in [0.15, 0.2) is 83.8 Å². The maximum atomic E-state index is 12.8. The van der Waals surface area contributed by atoms with Crippen molar-refractivity contribution in [3.63, 3.8) is 0 Å². The summed E-state index contributed by atoms with van der Waals surface area (Å²) in [6.45, 7) is 7.79. The Bertz CT molecular complexity index is 1160. The molecule has 2 N–H and O–H groups in total. The number of rotatable bonds is 8. The molecule has 0 heterocycles. The minimum Gasteiger partial charge on any atom is -0.326 e. The number of nitrogens with one attached hydrogen (secondary N) is 2. The first-order chi connectivity index (χ1) is 15.5. The second kappa shape index (κ2) is 10.3. The zero-order valence-electron chi connectivity index (χ0n) is 19.6. The van der Waals surface area contributed by atoms with Gasteiger partial charge in [-0.25, -0.2) is 13.1 Å². The van der Waals surface area contributed by atoms with E-state index in [1.165, 1.54) is 0 Å². The molecule has 0 aliphatic carbocycles. The van der Waals surface area contributed by atoms with Gasteiger partial charge in [0.25, 0.3) is 0 Å². The van der Waals surface area contributed by atoms with Crippen LogP contribution in [0.3, 0.4) is 0 Å². The van der Waals surface area contributed by atoms with E-state index in [2.05, 4.69) is 10.0 Å². The van der Waals surface area contributed by atoms with E-state index in [1.54, 1.807) is 24.3 Å². The highest BCUT2D eigenvalue weighted by Gasteiger charge is 2.22. The number of carbonyl (C=O) groups excluding carboxylic acids is 1. The zero-order chi connectivity index (χ0) is 24.1. The van der Waals surface area contributed by atoms with E-state index in [0.717, 1.165) is 22.4 Å². The number of aryl methyl sites for hydroxylation is 1. The van der Waals surface area contributed by atoms with Crippen molar-refractivity contribution in [2.45, 2.75) is 44.9 Å². The number of carbonyl (C=O) groups is 1. The van der Waals surface area contributed by atoms with Crippen molar-refractivity contribution in [3.8, 4) is 0 Å². The van der Waals surface area contributed by atoms with Gasteiger partial charge in [0.15, 0.2) is 0 Å². The molecular weight excluding hydrogens is 432 g/mol. The van der Waals surface area contributed by atoms with Crippen LogP contribution >= 0.6 is 0 Å². The van der Waals surface area contributed by atoms with Crippen molar-refractivity contribution >= 4 is 21.6 Å². The van der Waals surface area contributed by atoms with E-state index < -0.39 is 15.4 Å². The van der Waals surface area contributed by atoms with Gasteiger partial charge in [-0.2, -0.15) is 0 Å². The van der Waals surface area contributed by atoms with E-state index >= 15 is 0 Å². The monoisotopic (exact) mass is 464 g/mol.